The second-order valence-electron chi connectivity index (χ2n) is 7.34. The maximum atomic E-state index is 15.6. The van der Waals surface area contributed by atoms with Gasteiger partial charge in [0, 0.05) is 11.8 Å². The SMILES string of the molecule is CC(C)OC(C(F)(F)F)(C(F)(F)F)C1(F)C2CC(C(C)C2C)C1(F)F. The van der Waals surface area contributed by atoms with Gasteiger partial charge in [0.2, 0.25) is 5.67 Å². The molecule has 5 unspecified atom stereocenters. The van der Waals surface area contributed by atoms with E-state index in [0.29, 0.717) is 0 Å². The van der Waals surface area contributed by atoms with Gasteiger partial charge in [-0.15, -0.1) is 0 Å². The molecular formula is C15H19F9O. The number of ether oxygens (including phenoxy) is 1. The van der Waals surface area contributed by atoms with Crippen LogP contribution in [0.25, 0.3) is 0 Å². The molecule has 2 saturated carbocycles. The summed E-state index contributed by atoms with van der Waals surface area (Å²) in [5, 5.41) is 0. The number of hydrogen-bond donors (Lipinski definition) is 0. The van der Waals surface area contributed by atoms with Crippen LogP contribution in [0.15, 0.2) is 0 Å². The van der Waals surface area contributed by atoms with Crippen LogP contribution in [0.2, 0.25) is 0 Å². The van der Waals surface area contributed by atoms with E-state index in [1.54, 1.807) is 0 Å². The minimum Gasteiger partial charge on any atom is -0.353 e. The Morgan fingerprint density at radius 3 is 1.56 bits per heavy atom. The van der Waals surface area contributed by atoms with Crippen LogP contribution < -0.4 is 0 Å². The Balaban J connectivity index is 2.81. The fourth-order valence-corrected chi connectivity index (χ4v) is 4.60. The van der Waals surface area contributed by atoms with E-state index >= 15 is 4.39 Å². The number of halogens is 9. The Hall–Kier alpha value is -0.670. The number of rotatable bonds is 3. The van der Waals surface area contributed by atoms with Gasteiger partial charge in [-0.05, 0) is 32.1 Å². The Morgan fingerprint density at radius 1 is 0.840 bits per heavy atom. The van der Waals surface area contributed by atoms with Crippen LogP contribution >= 0.6 is 0 Å². The molecule has 148 valence electrons. The number of alkyl halides is 9. The molecule has 0 radical (unpaired) electrons. The molecule has 0 saturated heterocycles. The van der Waals surface area contributed by atoms with Gasteiger partial charge >= 0.3 is 12.4 Å². The lowest BCUT2D eigenvalue weighted by Crippen LogP contribution is -2.78. The van der Waals surface area contributed by atoms with Gasteiger partial charge in [0.1, 0.15) is 0 Å². The van der Waals surface area contributed by atoms with E-state index in [0.717, 1.165) is 13.8 Å². The van der Waals surface area contributed by atoms with E-state index in [1.807, 2.05) is 0 Å². The van der Waals surface area contributed by atoms with Gasteiger partial charge in [0.25, 0.3) is 11.5 Å². The summed E-state index contributed by atoms with van der Waals surface area (Å²) in [5.74, 6) is -10.8. The molecule has 2 fully saturated rings. The van der Waals surface area contributed by atoms with E-state index < -0.39 is 65.7 Å². The Bertz CT molecular complexity index is 510. The molecule has 5 atom stereocenters. The van der Waals surface area contributed by atoms with Crippen molar-refractivity contribution in [3.63, 3.8) is 0 Å². The standard InChI is InChI=1S/C15H19F9O/c1-6(2)25-13(14(19,20)21,15(22,23)24)11(16)9-5-10(12(11,17)18)8(4)7(9)3/h6-10H,5H2,1-4H3. The van der Waals surface area contributed by atoms with E-state index in [4.69, 9.17) is 0 Å². The van der Waals surface area contributed by atoms with Crippen molar-refractivity contribution in [3.8, 4) is 0 Å². The predicted molar refractivity (Wildman–Crippen MR) is 69.8 cm³/mol. The summed E-state index contributed by atoms with van der Waals surface area (Å²) in [6, 6.07) is 0. The fourth-order valence-electron chi connectivity index (χ4n) is 4.60. The highest BCUT2D eigenvalue weighted by Crippen LogP contribution is 2.73. The van der Waals surface area contributed by atoms with E-state index in [2.05, 4.69) is 4.74 Å². The van der Waals surface area contributed by atoms with Gasteiger partial charge in [-0.1, -0.05) is 13.8 Å². The summed E-state index contributed by atoms with van der Waals surface area (Å²) in [7, 11) is 0. The smallest absolute Gasteiger partial charge is 0.353 e. The molecule has 0 aromatic carbocycles. The monoisotopic (exact) mass is 386 g/mol. The van der Waals surface area contributed by atoms with Crippen LogP contribution in [0.3, 0.4) is 0 Å². The van der Waals surface area contributed by atoms with Crippen molar-refractivity contribution in [1.29, 1.82) is 0 Å². The molecule has 0 heterocycles. The lowest BCUT2D eigenvalue weighted by molar-refractivity contribution is -0.450. The van der Waals surface area contributed by atoms with Crippen molar-refractivity contribution >= 4 is 0 Å². The van der Waals surface area contributed by atoms with Crippen LogP contribution in [0.1, 0.15) is 34.1 Å². The van der Waals surface area contributed by atoms with Gasteiger partial charge in [-0.3, -0.25) is 0 Å². The van der Waals surface area contributed by atoms with Crippen molar-refractivity contribution in [3.05, 3.63) is 0 Å². The lowest BCUT2D eigenvalue weighted by atomic mass is 9.63. The zero-order valence-electron chi connectivity index (χ0n) is 13.9. The molecule has 0 aromatic rings. The highest BCUT2D eigenvalue weighted by atomic mass is 19.4. The summed E-state index contributed by atoms with van der Waals surface area (Å²) in [6.07, 6.45) is -15.4. The Kier molecular flexibility index (Phi) is 4.47. The molecule has 0 aromatic heterocycles. The summed E-state index contributed by atoms with van der Waals surface area (Å²) in [6.45, 7) is 4.11. The van der Waals surface area contributed by atoms with E-state index in [-0.39, 0.29) is 0 Å². The van der Waals surface area contributed by atoms with Gasteiger partial charge in [-0.25, -0.2) is 13.2 Å². The highest BCUT2D eigenvalue weighted by Gasteiger charge is 2.94. The zero-order chi connectivity index (χ0) is 19.8. The van der Waals surface area contributed by atoms with Crippen molar-refractivity contribution in [2.45, 2.75) is 69.8 Å². The average Bonchev–Trinajstić information content (AvgIpc) is 2.79. The predicted octanol–water partition coefficient (Wildman–Crippen LogP) is 5.54. The molecule has 0 N–H and O–H groups in total. The lowest BCUT2D eigenvalue weighted by Gasteiger charge is -2.53. The summed E-state index contributed by atoms with van der Waals surface area (Å²) < 4.78 is 131. The minimum atomic E-state index is -6.42. The first-order chi connectivity index (χ1) is 11.0. The van der Waals surface area contributed by atoms with E-state index in [9.17, 15) is 35.1 Å². The van der Waals surface area contributed by atoms with Crippen molar-refractivity contribution in [2.24, 2.45) is 23.7 Å². The maximum absolute atomic E-state index is 15.6. The third-order valence-corrected chi connectivity index (χ3v) is 5.79. The Morgan fingerprint density at radius 2 is 1.24 bits per heavy atom. The first kappa shape index (κ1) is 20.6. The topological polar surface area (TPSA) is 9.23 Å². The van der Waals surface area contributed by atoms with Gasteiger partial charge < -0.3 is 4.74 Å². The molecule has 2 rings (SSSR count). The maximum Gasteiger partial charge on any atom is 0.430 e. The summed E-state index contributed by atoms with van der Waals surface area (Å²) in [5.41, 5.74) is -10.5. The van der Waals surface area contributed by atoms with Crippen LogP contribution in [-0.4, -0.2) is 35.6 Å². The molecule has 2 aliphatic rings. The molecule has 10 heteroatoms. The first-order valence-corrected chi connectivity index (χ1v) is 7.84. The second kappa shape index (κ2) is 5.42. The quantitative estimate of drug-likeness (QED) is 0.579. The van der Waals surface area contributed by atoms with Crippen molar-refractivity contribution in [2.75, 3.05) is 0 Å². The van der Waals surface area contributed by atoms with Gasteiger partial charge in [0.15, 0.2) is 0 Å². The first-order valence-electron chi connectivity index (χ1n) is 7.84. The Labute approximate surface area is 138 Å². The van der Waals surface area contributed by atoms with Crippen LogP contribution in [0.5, 0.6) is 0 Å². The van der Waals surface area contributed by atoms with Crippen LogP contribution in [-0.2, 0) is 4.74 Å². The molecule has 2 aliphatic carbocycles. The molecular weight excluding hydrogens is 367 g/mol. The van der Waals surface area contributed by atoms with Crippen LogP contribution in [0, 0.1) is 23.7 Å². The largest absolute Gasteiger partial charge is 0.430 e. The number of hydrogen-bond acceptors (Lipinski definition) is 1. The third kappa shape index (κ3) is 2.27. The normalized spacial score (nSPS) is 38.6. The van der Waals surface area contributed by atoms with Gasteiger partial charge in [-0.2, -0.15) is 26.3 Å². The molecule has 25 heavy (non-hydrogen) atoms. The molecule has 0 spiro atoms. The zero-order valence-corrected chi connectivity index (χ0v) is 13.9. The average molecular weight is 386 g/mol. The molecule has 1 nitrogen and oxygen atoms in total. The molecule has 2 bridgehead atoms. The van der Waals surface area contributed by atoms with Crippen molar-refractivity contribution in [1.82, 2.24) is 0 Å². The van der Waals surface area contributed by atoms with Crippen molar-refractivity contribution < 1.29 is 44.3 Å². The molecule has 0 amide bonds. The second-order valence-corrected chi connectivity index (χ2v) is 7.34. The molecule has 0 aliphatic heterocycles. The minimum absolute atomic E-state index is 0.749. The van der Waals surface area contributed by atoms with Crippen LogP contribution in [0.4, 0.5) is 39.5 Å². The van der Waals surface area contributed by atoms with E-state index in [1.165, 1.54) is 13.8 Å². The van der Waals surface area contributed by atoms with Gasteiger partial charge in [0.05, 0.1) is 6.10 Å². The highest BCUT2D eigenvalue weighted by molar-refractivity contribution is 5.28. The summed E-state index contributed by atoms with van der Waals surface area (Å²) in [4.78, 5) is 0. The number of fused-ring (bicyclic) bond motifs is 2. The summed E-state index contributed by atoms with van der Waals surface area (Å²) >= 11 is 0. The third-order valence-electron chi connectivity index (χ3n) is 5.79. The fraction of sp³-hybridized carbons (Fsp3) is 1.00.